The molecule has 0 saturated carbocycles. The van der Waals surface area contributed by atoms with Crippen LogP contribution in [0.4, 0.5) is 0 Å². The van der Waals surface area contributed by atoms with E-state index in [0.29, 0.717) is 15.8 Å². The molecule has 0 saturated heterocycles. The van der Waals surface area contributed by atoms with Crippen LogP contribution in [0.1, 0.15) is 6.92 Å². The molecule has 0 aliphatic heterocycles. The van der Waals surface area contributed by atoms with E-state index in [1.54, 1.807) is 19.1 Å². The maximum absolute atomic E-state index is 11.2. The Kier molecular flexibility index (Phi) is 4.90. The molecule has 6 heteroatoms. The van der Waals surface area contributed by atoms with Crippen LogP contribution in [-0.2, 0) is 4.79 Å². The van der Waals surface area contributed by atoms with Gasteiger partial charge in [-0.3, -0.25) is 4.79 Å². The van der Waals surface area contributed by atoms with Gasteiger partial charge in [0.1, 0.15) is 5.75 Å². The Morgan fingerprint density at radius 1 is 1.56 bits per heavy atom. The summed E-state index contributed by atoms with van der Waals surface area (Å²) in [5.74, 6) is -0.146. The van der Waals surface area contributed by atoms with E-state index in [1.807, 2.05) is 5.16 Å². The fraction of sp³-hybridized carbons (Fsp3) is 0.200. The number of benzene rings is 1. The van der Waals surface area contributed by atoms with Crippen LogP contribution in [0, 0.1) is 0 Å². The predicted octanol–water partition coefficient (Wildman–Crippen LogP) is 3.39. The number of ether oxygens (including phenoxy) is 1. The number of rotatable bonds is 3. The number of halogens is 2. The lowest BCUT2D eigenvalue weighted by Crippen LogP contribution is -2.21. The standard InChI is InChI=1S/C10H7Cl2NO2S/c1-6(10(14)13-5-16)15-9-3-2-7(11)4-8(9)12/h2-4,6H,1H3. The minimum absolute atomic E-state index is 0.332. The first-order valence-electron chi connectivity index (χ1n) is 4.28. The number of carbonyl (C=O) groups is 1. The molecule has 0 fully saturated rings. The first kappa shape index (κ1) is 13.1. The first-order chi connectivity index (χ1) is 7.54. The average molecular weight is 276 g/mol. The second kappa shape index (κ2) is 5.97. The molecule has 1 amide bonds. The summed E-state index contributed by atoms with van der Waals surface area (Å²) in [6.07, 6.45) is -0.769. The van der Waals surface area contributed by atoms with Gasteiger partial charge in [-0.15, -0.1) is 0 Å². The van der Waals surface area contributed by atoms with Crippen LogP contribution in [-0.4, -0.2) is 17.2 Å². The first-order valence-corrected chi connectivity index (χ1v) is 5.44. The minimum Gasteiger partial charge on any atom is -0.479 e. The van der Waals surface area contributed by atoms with Crippen molar-refractivity contribution >= 4 is 46.5 Å². The number of thiocarbonyl (C=S) groups is 1. The number of nitrogens with zero attached hydrogens (tertiary/aromatic N) is 1. The second-order valence-corrected chi connectivity index (χ2v) is 3.90. The molecule has 0 bridgehead atoms. The lowest BCUT2D eigenvalue weighted by molar-refractivity contribution is -0.123. The zero-order valence-electron chi connectivity index (χ0n) is 8.24. The van der Waals surface area contributed by atoms with Gasteiger partial charge in [-0.2, -0.15) is 4.99 Å². The van der Waals surface area contributed by atoms with Crippen LogP contribution in [0.2, 0.25) is 10.0 Å². The normalized spacial score (nSPS) is 11.4. The molecule has 3 nitrogen and oxygen atoms in total. The van der Waals surface area contributed by atoms with Crippen molar-refractivity contribution in [2.24, 2.45) is 4.99 Å². The maximum Gasteiger partial charge on any atom is 0.295 e. The number of isothiocyanates is 1. The zero-order valence-corrected chi connectivity index (χ0v) is 10.6. The van der Waals surface area contributed by atoms with Gasteiger partial charge in [0.25, 0.3) is 5.91 Å². The Bertz CT molecular complexity index is 458. The average Bonchev–Trinajstić information content (AvgIpc) is 2.22. The lowest BCUT2D eigenvalue weighted by Gasteiger charge is -2.11. The summed E-state index contributed by atoms with van der Waals surface area (Å²) in [5.41, 5.74) is 0. The Hall–Kier alpha value is -0.930. The van der Waals surface area contributed by atoms with Crippen LogP contribution in [0.3, 0.4) is 0 Å². The summed E-state index contributed by atoms with van der Waals surface area (Å²) in [7, 11) is 0. The summed E-state index contributed by atoms with van der Waals surface area (Å²) < 4.78 is 5.29. The van der Waals surface area contributed by atoms with E-state index in [0.717, 1.165) is 0 Å². The van der Waals surface area contributed by atoms with Gasteiger partial charge in [-0.05, 0) is 37.3 Å². The monoisotopic (exact) mass is 275 g/mol. The zero-order chi connectivity index (χ0) is 12.1. The molecule has 1 aromatic carbocycles. The van der Waals surface area contributed by atoms with Crippen molar-refractivity contribution in [2.75, 3.05) is 0 Å². The molecule has 0 N–H and O–H groups in total. The quantitative estimate of drug-likeness (QED) is 0.627. The topological polar surface area (TPSA) is 38.7 Å². The fourth-order valence-electron chi connectivity index (χ4n) is 0.948. The third-order valence-corrected chi connectivity index (χ3v) is 2.32. The van der Waals surface area contributed by atoms with Gasteiger partial charge in [0.05, 0.1) is 10.2 Å². The van der Waals surface area contributed by atoms with Crippen molar-refractivity contribution in [1.82, 2.24) is 0 Å². The van der Waals surface area contributed by atoms with Crippen molar-refractivity contribution in [2.45, 2.75) is 13.0 Å². The van der Waals surface area contributed by atoms with Crippen molar-refractivity contribution in [1.29, 1.82) is 0 Å². The van der Waals surface area contributed by atoms with Crippen LogP contribution >= 0.6 is 35.4 Å². The Labute approximate surface area is 108 Å². The van der Waals surface area contributed by atoms with Gasteiger partial charge in [0.2, 0.25) is 0 Å². The molecule has 0 aliphatic rings. The molecule has 0 spiro atoms. The third kappa shape index (κ3) is 3.58. The second-order valence-electron chi connectivity index (χ2n) is 2.88. The minimum atomic E-state index is -0.769. The largest absolute Gasteiger partial charge is 0.479 e. The van der Waals surface area contributed by atoms with E-state index in [-0.39, 0.29) is 0 Å². The number of amides is 1. The molecule has 0 heterocycles. The van der Waals surface area contributed by atoms with Crippen molar-refractivity contribution in [3.8, 4) is 5.75 Å². The molecule has 1 unspecified atom stereocenters. The van der Waals surface area contributed by atoms with Crippen LogP contribution in [0.15, 0.2) is 23.2 Å². The Morgan fingerprint density at radius 2 is 2.25 bits per heavy atom. The molecule has 16 heavy (non-hydrogen) atoms. The van der Waals surface area contributed by atoms with E-state index in [2.05, 4.69) is 17.2 Å². The van der Waals surface area contributed by atoms with Crippen molar-refractivity contribution in [3.63, 3.8) is 0 Å². The smallest absolute Gasteiger partial charge is 0.295 e. The van der Waals surface area contributed by atoms with Crippen LogP contribution in [0.25, 0.3) is 0 Å². The molecule has 84 valence electrons. The number of carbonyl (C=O) groups excluding carboxylic acids is 1. The molecule has 1 rings (SSSR count). The van der Waals surface area contributed by atoms with E-state index < -0.39 is 12.0 Å². The summed E-state index contributed by atoms with van der Waals surface area (Å²) in [4.78, 5) is 14.5. The van der Waals surface area contributed by atoms with Crippen molar-refractivity contribution in [3.05, 3.63) is 28.2 Å². The highest BCUT2D eigenvalue weighted by molar-refractivity contribution is 7.78. The highest BCUT2D eigenvalue weighted by Crippen LogP contribution is 2.28. The van der Waals surface area contributed by atoms with Gasteiger partial charge < -0.3 is 4.74 Å². The van der Waals surface area contributed by atoms with E-state index in [4.69, 9.17) is 27.9 Å². The molecule has 1 atom stereocenters. The summed E-state index contributed by atoms with van der Waals surface area (Å²) >= 11 is 15.9. The molecule has 0 aliphatic carbocycles. The van der Waals surface area contributed by atoms with Crippen molar-refractivity contribution < 1.29 is 9.53 Å². The van der Waals surface area contributed by atoms with Crippen LogP contribution < -0.4 is 4.74 Å². The fourth-order valence-corrected chi connectivity index (χ4v) is 1.49. The maximum atomic E-state index is 11.2. The summed E-state index contributed by atoms with van der Waals surface area (Å²) in [6, 6.07) is 4.72. The molecular formula is C10H7Cl2NO2S. The lowest BCUT2D eigenvalue weighted by atomic mass is 10.3. The van der Waals surface area contributed by atoms with E-state index in [9.17, 15) is 4.79 Å². The van der Waals surface area contributed by atoms with E-state index >= 15 is 0 Å². The molecule has 0 aromatic heterocycles. The van der Waals surface area contributed by atoms with Gasteiger partial charge in [-0.25, -0.2) is 0 Å². The van der Waals surface area contributed by atoms with Gasteiger partial charge >= 0.3 is 0 Å². The van der Waals surface area contributed by atoms with Gasteiger partial charge in [0, 0.05) is 5.02 Å². The predicted molar refractivity (Wildman–Crippen MR) is 66.6 cm³/mol. The Morgan fingerprint density at radius 3 is 2.81 bits per heavy atom. The molecular weight excluding hydrogens is 269 g/mol. The summed E-state index contributed by atoms with van der Waals surface area (Å²) in [5, 5.41) is 2.81. The number of hydrogen-bond acceptors (Lipinski definition) is 3. The third-order valence-electron chi connectivity index (χ3n) is 1.70. The van der Waals surface area contributed by atoms with Crippen LogP contribution in [0.5, 0.6) is 5.75 Å². The van der Waals surface area contributed by atoms with Gasteiger partial charge in [-0.1, -0.05) is 23.2 Å². The highest BCUT2D eigenvalue weighted by Gasteiger charge is 2.14. The molecule has 0 radical (unpaired) electrons. The van der Waals surface area contributed by atoms with E-state index in [1.165, 1.54) is 6.07 Å². The number of aliphatic imine (C=N–C) groups is 1. The molecule has 1 aromatic rings. The number of hydrogen-bond donors (Lipinski definition) is 0. The Balaban J connectivity index is 2.80. The summed E-state index contributed by atoms with van der Waals surface area (Å²) in [6.45, 7) is 1.55. The highest BCUT2D eigenvalue weighted by atomic mass is 35.5. The SMILES string of the molecule is CC(Oc1ccc(Cl)cc1Cl)C(=O)N=C=S. The van der Waals surface area contributed by atoms with Gasteiger partial charge in [0.15, 0.2) is 6.10 Å².